The molecule has 24 heavy (non-hydrogen) atoms. The molecule has 1 aliphatic heterocycles. The maximum Gasteiger partial charge on any atom is 0.272 e. The fourth-order valence-electron chi connectivity index (χ4n) is 3.77. The van der Waals surface area contributed by atoms with Crippen molar-refractivity contribution in [1.29, 1.82) is 0 Å². The van der Waals surface area contributed by atoms with Crippen LogP contribution in [0, 0.1) is 5.82 Å². The lowest BCUT2D eigenvalue weighted by Gasteiger charge is -2.38. The molecule has 2 aliphatic rings. The molecule has 0 saturated carbocycles. The van der Waals surface area contributed by atoms with E-state index in [1.807, 2.05) is 18.3 Å². The minimum absolute atomic E-state index is 0.155. The molecule has 1 aromatic carbocycles. The summed E-state index contributed by atoms with van der Waals surface area (Å²) >= 11 is 0. The number of aromatic nitrogens is 1. The molecular formula is C19H22FN3O. The van der Waals surface area contributed by atoms with Crippen LogP contribution in [0.15, 0.2) is 41.3 Å². The van der Waals surface area contributed by atoms with E-state index in [-0.39, 0.29) is 11.4 Å². The summed E-state index contributed by atoms with van der Waals surface area (Å²) in [5.41, 5.74) is 3.42. The van der Waals surface area contributed by atoms with Gasteiger partial charge in [-0.15, -0.1) is 0 Å². The second kappa shape index (κ2) is 6.30. The fraction of sp³-hybridized carbons (Fsp3) is 0.421. The molecular weight excluding hydrogens is 305 g/mol. The average molecular weight is 327 g/mol. The van der Waals surface area contributed by atoms with E-state index >= 15 is 0 Å². The predicted molar refractivity (Wildman–Crippen MR) is 93.9 cm³/mol. The van der Waals surface area contributed by atoms with Crippen molar-refractivity contribution >= 4 is 5.69 Å². The molecule has 1 aliphatic carbocycles. The van der Waals surface area contributed by atoms with E-state index in [4.69, 9.17) is 0 Å². The summed E-state index contributed by atoms with van der Waals surface area (Å²) in [4.78, 5) is 15.0. The highest BCUT2D eigenvalue weighted by atomic mass is 19.1. The smallest absolute Gasteiger partial charge is 0.272 e. The van der Waals surface area contributed by atoms with Crippen molar-refractivity contribution in [3.63, 3.8) is 0 Å². The molecule has 126 valence electrons. The maximum atomic E-state index is 13.1. The summed E-state index contributed by atoms with van der Waals surface area (Å²) in [5, 5.41) is 2.12. The zero-order chi connectivity index (χ0) is 16.5. The Morgan fingerprint density at radius 2 is 1.58 bits per heavy atom. The molecule has 0 bridgehead atoms. The highest BCUT2D eigenvalue weighted by Gasteiger charge is 2.21. The zero-order valence-corrected chi connectivity index (χ0v) is 13.7. The molecule has 1 fully saturated rings. The van der Waals surface area contributed by atoms with Gasteiger partial charge in [0.1, 0.15) is 5.82 Å². The minimum Gasteiger partial charge on any atom is -0.368 e. The van der Waals surface area contributed by atoms with Crippen molar-refractivity contribution in [2.75, 3.05) is 36.1 Å². The zero-order valence-electron chi connectivity index (χ0n) is 13.7. The third-order valence-corrected chi connectivity index (χ3v) is 5.15. The summed E-state index contributed by atoms with van der Waals surface area (Å²) < 4.78 is 14.9. The van der Waals surface area contributed by atoms with Crippen LogP contribution < -0.4 is 15.5 Å². The third kappa shape index (κ3) is 2.79. The summed E-state index contributed by atoms with van der Waals surface area (Å²) in [6, 6.07) is 8.74. The summed E-state index contributed by atoms with van der Waals surface area (Å²) in [6.45, 7) is 3.23. The highest BCUT2D eigenvalue weighted by molar-refractivity contribution is 5.47. The monoisotopic (exact) mass is 327 g/mol. The van der Waals surface area contributed by atoms with Gasteiger partial charge in [0.25, 0.3) is 5.56 Å². The summed E-state index contributed by atoms with van der Waals surface area (Å²) in [5.74, 6) is -0.210. The van der Waals surface area contributed by atoms with Crippen LogP contribution in [-0.2, 0) is 12.8 Å². The van der Waals surface area contributed by atoms with E-state index in [0.717, 1.165) is 56.7 Å². The number of nitrogens with zero attached hydrogens (tertiary/aromatic N) is 3. The molecule has 0 unspecified atom stereocenters. The topological polar surface area (TPSA) is 28.5 Å². The SMILES string of the molecule is O=c1c2c(ccn1N1CCN(c3ccc(F)cc3)CC1)CCCC2. The molecule has 0 atom stereocenters. The quantitative estimate of drug-likeness (QED) is 0.847. The van der Waals surface area contributed by atoms with Gasteiger partial charge in [0.05, 0.1) is 13.1 Å². The lowest BCUT2D eigenvalue weighted by molar-refractivity contribution is 0.509. The number of hydrogen-bond acceptors (Lipinski definition) is 3. The first kappa shape index (κ1) is 15.2. The first-order chi connectivity index (χ1) is 11.7. The average Bonchev–Trinajstić information content (AvgIpc) is 2.63. The van der Waals surface area contributed by atoms with Gasteiger partial charge in [0.2, 0.25) is 0 Å². The number of anilines is 1. The van der Waals surface area contributed by atoms with Crippen LogP contribution in [0.1, 0.15) is 24.0 Å². The first-order valence-electron chi connectivity index (χ1n) is 8.71. The molecule has 0 spiro atoms. The van der Waals surface area contributed by atoms with E-state index in [0.29, 0.717) is 0 Å². The van der Waals surface area contributed by atoms with Crippen molar-refractivity contribution in [1.82, 2.24) is 4.68 Å². The van der Waals surface area contributed by atoms with Gasteiger partial charge in [-0.2, -0.15) is 0 Å². The van der Waals surface area contributed by atoms with Crippen LogP contribution >= 0.6 is 0 Å². The van der Waals surface area contributed by atoms with Gasteiger partial charge in [-0.25, -0.2) is 9.07 Å². The van der Waals surface area contributed by atoms with E-state index in [1.165, 1.54) is 24.1 Å². The van der Waals surface area contributed by atoms with Crippen LogP contribution in [0.3, 0.4) is 0 Å². The summed E-state index contributed by atoms with van der Waals surface area (Å²) in [7, 11) is 0. The van der Waals surface area contributed by atoms with Gasteiger partial charge in [-0.1, -0.05) is 0 Å². The van der Waals surface area contributed by atoms with Crippen LogP contribution in [0.5, 0.6) is 0 Å². The van der Waals surface area contributed by atoms with E-state index in [1.54, 1.807) is 4.68 Å². The lowest BCUT2D eigenvalue weighted by atomic mass is 9.93. The second-order valence-corrected chi connectivity index (χ2v) is 6.59. The number of hydrogen-bond donors (Lipinski definition) is 0. The Morgan fingerprint density at radius 1 is 0.875 bits per heavy atom. The van der Waals surface area contributed by atoms with Crippen LogP contribution in [0.4, 0.5) is 10.1 Å². The van der Waals surface area contributed by atoms with E-state index in [9.17, 15) is 9.18 Å². The number of fused-ring (bicyclic) bond motifs is 1. The number of halogens is 1. The fourth-order valence-corrected chi connectivity index (χ4v) is 3.77. The number of aryl methyl sites for hydroxylation is 1. The van der Waals surface area contributed by atoms with Gasteiger partial charge in [-0.3, -0.25) is 4.79 Å². The van der Waals surface area contributed by atoms with Gasteiger partial charge < -0.3 is 9.91 Å². The number of rotatable bonds is 2. The second-order valence-electron chi connectivity index (χ2n) is 6.59. The number of benzene rings is 1. The van der Waals surface area contributed by atoms with Crippen molar-refractivity contribution in [3.8, 4) is 0 Å². The van der Waals surface area contributed by atoms with Crippen LogP contribution in [0.25, 0.3) is 0 Å². The Labute approximate surface area is 141 Å². The van der Waals surface area contributed by atoms with Crippen molar-refractivity contribution in [2.45, 2.75) is 25.7 Å². The Bertz CT molecular complexity index is 776. The third-order valence-electron chi connectivity index (χ3n) is 5.15. The summed E-state index contributed by atoms with van der Waals surface area (Å²) in [6.07, 6.45) is 6.17. The van der Waals surface area contributed by atoms with Gasteiger partial charge >= 0.3 is 0 Å². The molecule has 4 nitrogen and oxygen atoms in total. The highest BCUT2D eigenvalue weighted by Crippen LogP contribution is 2.19. The number of piperazine rings is 1. The number of pyridine rings is 1. The Balaban J connectivity index is 1.50. The minimum atomic E-state index is -0.210. The normalized spacial score (nSPS) is 17.7. The van der Waals surface area contributed by atoms with Gasteiger partial charge in [-0.05, 0) is 61.6 Å². The van der Waals surface area contributed by atoms with Crippen LogP contribution in [-0.4, -0.2) is 30.9 Å². The first-order valence-corrected chi connectivity index (χ1v) is 8.71. The largest absolute Gasteiger partial charge is 0.368 e. The molecule has 0 radical (unpaired) electrons. The lowest BCUT2D eigenvalue weighted by Crippen LogP contribution is -2.54. The Morgan fingerprint density at radius 3 is 2.33 bits per heavy atom. The molecule has 0 amide bonds. The van der Waals surface area contributed by atoms with E-state index in [2.05, 4.69) is 16.0 Å². The van der Waals surface area contributed by atoms with Crippen LogP contribution in [0.2, 0.25) is 0 Å². The molecule has 5 heteroatoms. The Hall–Kier alpha value is -2.30. The molecule has 2 aromatic rings. The predicted octanol–water partition coefficient (Wildman–Crippen LogP) is 2.32. The van der Waals surface area contributed by atoms with Gasteiger partial charge in [0.15, 0.2) is 0 Å². The van der Waals surface area contributed by atoms with Crippen molar-refractivity contribution in [3.05, 3.63) is 63.8 Å². The molecule has 1 saturated heterocycles. The van der Waals surface area contributed by atoms with Crippen molar-refractivity contribution < 1.29 is 4.39 Å². The van der Waals surface area contributed by atoms with E-state index < -0.39 is 0 Å². The maximum absolute atomic E-state index is 13.1. The molecule has 0 N–H and O–H groups in total. The van der Waals surface area contributed by atoms with Gasteiger partial charge in [0, 0.05) is 30.5 Å². The standard InChI is InChI=1S/C19H22FN3O/c20-16-5-7-17(8-6-16)21-11-13-22(14-12-21)23-10-9-15-3-1-2-4-18(15)19(23)24/h5-10H,1-4,11-14H2. The molecule has 4 rings (SSSR count). The molecule has 1 aromatic heterocycles. The van der Waals surface area contributed by atoms with Crippen molar-refractivity contribution in [2.24, 2.45) is 0 Å². The molecule has 2 heterocycles. The Kier molecular flexibility index (Phi) is 4.00.